The number of aliphatic hydroxyl groups excluding tert-OH is 1. The molecule has 1 aliphatic carbocycles. The molecule has 0 aromatic carbocycles. The molecule has 1 fully saturated rings. The highest BCUT2D eigenvalue weighted by Crippen LogP contribution is 2.38. The van der Waals surface area contributed by atoms with Crippen molar-refractivity contribution < 1.29 is 43.2 Å². The Balaban J connectivity index is 2.73. The van der Waals surface area contributed by atoms with Crippen molar-refractivity contribution >= 4 is 23.9 Å². The third kappa shape index (κ3) is 6.10. The van der Waals surface area contributed by atoms with Gasteiger partial charge >= 0.3 is 23.9 Å². The minimum Gasteiger partial charge on any atom is -0.466 e. The van der Waals surface area contributed by atoms with Gasteiger partial charge in [0, 0.05) is 5.57 Å². The second-order valence-corrected chi connectivity index (χ2v) is 8.66. The molecule has 9 heteroatoms. The van der Waals surface area contributed by atoms with Crippen molar-refractivity contribution in [3.8, 4) is 0 Å². The van der Waals surface area contributed by atoms with Gasteiger partial charge in [-0.05, 0) is 24.5 Å². The van der Waals surface area contributed by atoms with Crippen molar-refractivity contribution in [3.05, 3.63) is 35.5 Å². The van der Waals surface area contributed by atoms with Gasteiger partial charge in [-0.25, -0.2) is 9.59 Å². The Morgan fingerprint density at radius 3 is 2.30 bits per heavy atom. The quantitative estimate of drug-likeness (QED) is 0.272. The van der Waals surface area contributed by atoms with Crippen molar-refractivity contribution in [1.82, 2.24) is 0 Å². The van der Waals surface area contributed by atoms with Crippen LogP contribution in [-0.2, 0) is 38.1 Å². The number of rotatable bonds is 6. The highest BCUT2D eigenvalue weighted by atomic mass is 16.6. The molecule has 0 bridgehead atoms. The van der Waals surface area contributed by atoms with Crippen LogP contribution >= 0.6 is 0 Å². The normalized spacial score (nSPS) is 28.7. The fourth-order valence-corrected chi connectivity index (χ4v) is 3.59. The molecule has 1 aliphatic heterocycles. The lowest BCUT2D eigenvalue weighted by Gasteiger charge is -2.34. The molecule has 0 radical (unpaired) electrons. The number of hydrogen-bond donors (Lipinski definition) is 1. The van der Waals surface area contributed by atoms with E-state index in [1.165, 1.54) is 13.2 Å². The van der Waals surface area contributed by atoms with E-state index in [0.29, 0.717) is 18.4 Å². The number of fused-ring (bicyclic) bond motifs is 1. The Morgan fingerprint density at radius 1 is 1.15 bits per heavy atom. The van der Waals surface area contributed by atoms with Crippen molar-refractivity contribution in [2.24, 2.45) is 17.8 Å². The summed E-state index contributed by atoms with van der Waals surface area (Å²) in [6, 6.07) is 0. The average Bonchev–Trinajstić information content (AvgIpc) is 3.04. The van der Waals surface area contributed by atoms with Crippen molar-refractivity contribution in [2.75, 3.05) is 13.7 Å². The molecule has 1 heterocycles. The predicted molar refractivity (Wildman–Crippen MR) is 116 cm³/mol. The number of carbonyl (C=O) groups excluding carboxylic acids is 4. The molecule has 2 rings (SSSR count). The van der Waals surface area contributed by atoms with Crippen LogP contribution in [0.5, 0.6) is 0 Å². The number of methoxy groups -OCH3 is 1. The third-order valence-electron chi connectivity index (χ3n) is 5.51. The zero-order valence-electron chi connectivity index (χ0n) is 19.7. The van der Waals surface area contributed by atoms with Gasteiger partial charge < -0.3 is 24.1 Å². The average molecular weight is 465 g/mol. The number of carbonyl (C=O) groups is 4. The van der Waals surface area contributed by atoms with Crippen LogP contribution in [0.2, 0.25) is 0 Å². The molecule has 33 heavy (non-hydrogen) atoms. The Bertz CT molecular complexity index is 865. The zero-order valence-corrected chi connectivity index (χ0v) is 19.7. The lowest BCUT2D eigenvalue weighted by atomic mass is 9.83. The second-order valence-electron chi connectivity index (χ2n) is 8.66. The van der Waals surface area contributed by atoms with Gasteiger partial charge in [-0.15, -0.1) is 0 Å². The summed E-state index contributed by atoms with van der Waals surface area (Å²) in [5.41, 5.74) is 0.545. The minimum atomic E-state index is -1.36. The monoisotopic (exact) mass is 464 g/mol. The van der Waals surface area contributed by atoms with Gasteiger partial charge in [0.25, 0.3) is 0 Å². The Labute approximate surface area is 193 Å². The first-order valence-electron chi connectivity index (χ1n) is 10.9. The second kappa shape index (κ2) is 11.3. The number of esters is 4. The van der Waals surface area contributed by atoms with Gasteiger partial charge in [0.1, 0.15) is 6.10 Å². The highest BCUT2D eigenvalue weighted by Gasteiger charge is 2.51. The molecule has 1 saturated heterocycles. The van der Waals surface area contributed by atoms with E-state index >= 15 is 0 Å². The topological polar surface area (TPSA) is 125 Å². The van der Waals surface area contributed by atoms with Gasteiger partial charge in [0.15, 0.2) is 12.2 Å². The molecular weight excluding hydrogens is 432 g/mol. The van der Waals surface area contributed by atoms with Crippen LogP contribution in [-0.4, -0.2) is 61.0 Å². The van der Waals surface area contributed by atoms with E-state index in [1.807, 2.05) is 0 Å². The van der Waals surface area contributed by atoms with E-state index in [-0.39, 0.29) is 17.8 Å². The number of aliphatic hydroxyl groups is 1. The predicted octanol–water partition coefficient (Wildman–Crippen LogP) is 2.03. The molecule has 0 amide bonds. The van der Waals surface area contributed by atoms with E-state index in [2.05, 4.69) is 6.58 Å². The van der Waals surface area contributed by atoms with E-state index in [0.717, 1.165) is 0 Å². The van der Waals surface area contributed by atoms with Gasteiger partial charge in [0.05, 0.1) is 37.0 Å². The van der Waals surface area contributed by atoms with Crippen LogP contribution in [0.4, 0.5) is 0 Å². The maximum Gasteiger partial charge on any atom is 0.337 e. The van der Waals surface area contributed by atoms with E-state index in [9.17, 15) is 24.3 Å². The highest BCUT2D eigenvalue weighted by molar-refractivity contribution is 5.93. The summed E-state index contributed by atoms with van der Waals surface area (Å²) in [7, 11) is 1.18. The number of ether oxygens (including phenoxy) is 4. The molecule has 4 atom stereocenters. The fraction of sp³-hybridized carbons (Fsp3) is 0.583. The SMILES string of the molecule is C=C1C(=O)O[C@@H]2/C=C(/CO)CC/C=C(/C(=O)OC)[C@@H](OC(=O)C(C)C)[C@@H](OC(=O)C(C)C)[C@@H]12. The van der Waals surface area contributed by atoms with Gasteiger partial charge in [-0.2, -0.15) is 0 Å². The molecule has 182 valence electrons. The smallest absolute Gasteiger partial charge is 0.337 e. The standard InChI is InChI=1S/C24H32O9/c1-12(2)21(26)32-19-16(24(29)30-6)9-7-8-15(11-25)10-17-18(14(5)23(28)31-17)20(19)33-22(27)13(3)4/h9-10,12-13,17-20,25H,5,7-8,11H2,1-4,6H3/b15-10+,16-9+/t17-,18+,19-,20+/m1/s1. The van der Waals surface area contributed by atoms with Crippen LogP contribution in [0, 0.1) is 17.8 Å². The van der Waals surface area contributed by atoms with Crippen molar-refractivity contribution in [2.45, 2.75) is 58.8 Å². The van der Waals surface area contributed by atoms with Crippen molar-refractivity contribution in [3.63, 3.8) is 0 Å². The summed E-state index contributed by atoms with van der Waals surface area (Å²) < 4.78 is 21.8. The third-order valence-corrected chi connectivity index (χ3v) is 5.51. The molecule has 0 aromatic rings. The maximum absolute atomic E-state index is 12.7. The van der Waals surface area contributed by atoms with E-state index in [1.54, 1.807) is 33.8 Å². The van der Waals surface area contributed by atoms with Crippen LogP contribution in [0.25, 0.3) is 0 Å². The van der Waals surface area contributed by atoms with Crippen LogP contribution in [0.15, 0.2) is 35.5 Å². The molecular formula is C24H32O9. The van der Waals surface area contributed by atoms with Crippen LogP contribution in [0.3, 0.4) is 0 Å². The maximum atomic E-state index is 12.7. The largest absolute Gasteiger partial charge is 0.466 e. The first kappa shape index (κ1) is 26.3. The first-order valence-corrected chi connectivity index (χ1v) is 10.9. The minimum absolute atomic E-state index is 0.00508. The van der Waals surface area contributed by atoms with Crippen LogP contribution in [0.1, 0.15) is 40.5 Å². The summed E-state index contributed by atoms with van der Waals surface area (Å²) in [4.78, 5) is 50.5. The number of allylic oxidation sites excluding steroid dienone is 1. The lowest BCUT2D eigenvalue weighted by Crippen LogP contribution is -2.47. The summed E-state index contributed by atoms with van der Waals surface area (Å²) in [6.45, 7) is 10.0. The summed E-state index contributed by atoms with van der Waals surface area (Å²) in [5.74, 6) is -4.77. The molecule has 2 aliphatic rings. The molecule has 0 spiro atoms. The summed E-state index contributed by atoms with van der Waals surface area (Å²) in [5, 5.41) is 9.76. The molecule has 0 aromatic heterocycles. The Morgan fingerprint density at radius 2 is 1.76 bits per heavy atom. The molecule has 1 N–H and O–H groups in total. The van der Waals surface area contributed by atoms with Crippen molar-refractivity contribution in [1.29, 1.82) is 0 Å². The van der Waals surface area contributed by atoms with Gasteiger partial charge in [-0.3, -0.25) is 9.59 Å². The zero-order chi connectivity index (χ0) is 24.9. The molecule has 0 unspecified atom stereocenters. The summed E-state index contributed by atoms with van der Waals surface area (Å²) in [6.07, 6.45) is 0.174. The lowest BCUT2D eigenvalue weighted by molar-refractivity contribution is -0.175. The molecule has 0 saturated carbocycles. The van der Waals surface area contributed by atoms with Crippen LogP contribution < -0.4 is 0 Å². The first-order chi connectivity index (χ1) is 15.5. The fourth-order valence-electron chi connectivity index (χ4n) is 3.59. The van der Waals surface area contributed by atoms with E-state index in [4.69, 9.17) is 18.9 Å². The Kier molecular flexibility index (Phi) is 8.99. The Hall–Kier alpha value is -2.94. The number of hydrogen-bond acceptors (Lipinski definition) is 9. The molecule has 9 nitrogen and oxygen atoms in total. The van der Waals surface area contributed by atoms with Gasteiger partial charge in [0.2, 0.25) is 0 Å². The van der Waals surface area contributed by atoms with E-state index < -0.39 is 59.9 Å². The summed E-state index contributed by atoms with van der Waals surface area (Å²) >= 11 is 0. The van der Waals surface area contributed by atoms with Gasteiger partial charge in [-0.1, -0.05) is 40.3 Å².